The Hall–Kier alpha value is -1.73. The minimum Gasteiger partial charge on any atom is -0.341 e. The summed E-state index contributed by atoms with van der Waals surface area (Å²) >= 11 is 0. The number of fused-ring (bicyclic) bond motifs is 1. The van der Waals surface area contributed by atoms with E-state index in [1.54, 1.807) is 6.07 Å². The number of nitrogens with zero attached hydrogens (tertiary/aromatic N) is 5. The minimum absolute atomic E-state index is 0.0871. The first-order valence-corrected chi connectivity index (χ1v) is 11.4. The summed E-state index contributed by atoms with van der Waals surface area (Å²) in [5.74, 6) is 1.36. The molecule has 0 N–H and O–H groups in total. The topological polar surface area (TPSA) is 61.7 Å². The first kappa shape index (κ1) is 20.5. The molecule has 7 heteroatoms. The lowest BCUT2D eigenvalue weighted by molar-refractivity contribution is -0.133. The Morgan fingerprint density at radius 1 is 1.03 bits per heavy atom. The molecule has 0 aromatic carbocycles. The number of hydrogen-bond acceptors (Lipinski definition) is 5. The van der Waals surface area contributed by atoms with Gasteiger partial charge < -0.3 is 9.80 Å². The standard InChI is InChI=1S/C22H35N5O2/c1-24-9-6-10-25(14-13-24)17-22(29)26-11-5-7-18(16-26)19-15-21(28)27-12-4-2-3-8-20(27)23-19/h15,18H,2-14,16-17H2,1H3. The Morgan fingerprint density at radius 3 is 2.83 bits per heavy atom. The van der Waals surface area contributed by atoms with Crippen LogP contribution >= 0.6 is 0 Å². The highest BCUT2D eigenvalue weighted by Crippen LogP contribution is 2.26. The van der Waals surface area contributed by atoms with Gasteiger partial charge in [0.25, 0.3) is 5.56 Å². The molecule has 3 aliphatic heterocycles. The summed E-state index contributed by atoms with van der Waals surface area (Å²) in [6.45, 7) is 6.92. The van der Waals surface area contributed by atoms with Crippen molar-refractivity contribution in [3.05, 3.63) is 27.9 Å². The lowest BCUT2D eigenvalue weighted by Gasteiger charge is -2.34. The van der Waals surface area contributed by atoms with Crippen molar-refractivity contribution in [1.29, 1.82) is 0 Å². The third-order valence-electron chi connectivity index (χ3n) is 6.75. The van der Waals surface area contributed by atoms with Crippen LogP contribution in [0.2, 0.25) is 0 Å². The largest absolute Gasteiger partial charge is 0.341 e. The van der Waals surface area contributed by atoms with Crippen LogP contribution in [0.4, 0.5) is 0 Å². The Labute approximate surface area is 173 Å². The fourth-order valence-corrected chi connectivity index (χ4v) is 4.94. The molecule has 0 saturated carbocycles. The van der Waals surface area contributed by atoms with E-state index in [0.29, 0.717) is 13.1 Å². The molecular formula is C22H35N5O2. The Kier molecular flexibility index (Phi) is 6.65. The summed E-state index contributed by atoms with van der Waals surface area (Å²) in [7, 11) is 2.15. The van der Waals surface area contributed by atoms with Gasteiger partial charge in [-0.2, -0.15) is 0 Å². The zero-order chi connectivity index (χ0) is 20.2. The molecule has 2 fully saturated rings. The highest BCUT2D eigenvalue weighted by molar-refractivity contribution is 5.78. The van der Waals surface area contributed by atoms with Gasteiger partial charge in [-0.3, -0.25) is 19.1 Å². The Morgan fingerprint density at radius 2 is 1.93 bits per heavy atom. The van der Waals surface area contributed by atoms with Crippen LogP contribution in [0.3, 0.4) is 0 Å². The molecule has 0 aliphatic carbocycles. The average Bonchev–Trinajstić information content (AvgIpc) is 3.08. The molecule has 4 rings (SSSR count). The van der Waals surface area contributed by atoms with Gasteiger partial charge in [0, 0.05) is 51.1 Å². The SMILES string of the molecule is CN1CCCN(CC(=O)N2CCCC(c3cc(=O)n4c(n3)CCCCC4)C2)CC1. The number of rotatable bonds is 3. The number of likely N-dealkylation sites (N-methyl/N-ethyl adjacent to an activating group) is 1. The molecule has 7 nitrogen and oxygen atoms in total. The number of aromatic nitrogens is 2. The van der Waals surface area contributed by atoms with Crippen molar-refractivity contribution in [1.82, 2.24) is 24.3 Å². The normalized spacial score (nSPS) is 24.6. The monoisotopic (exact) mass is 401 g/mol. The third-order valence-corrected chi connectivity index (χ3v) is 6.75. The van der Waals surface area contributed by atoms with E-state index in [2.05, 4.69) is 16.8 Å². The summed E-state index contributed by atoms with van der Waals surface area (Å²) < 4.78 is 1.86. The molecule has 2 saturated heterocycles. The van der Waals surface area contributed by atoms with Gasteiger partial charge in [0.1, 0.15) is 5.82 Å². The van der Waals surface area contributed by atoms with Crippen molar-refractivity contribution in [2.45, 2.75) is 57.4 Å². The van der Waals surface area contributed by atoms with E-state index < -0.39 is 0 Å². The zero-order valence-electron chi connectivity index (χ0n) is 17.8. The van der Waals surface area contributed by atoms with Gasteiger partial charge in [-0.05, 0) is 52.2 Å². The lowest BCUT2D eigenvalue weighted by atomic mass is 9.94. The summed E-state index contributed by atoms with van der Waals surface area (Å²) in [5, 5.41) is 0. The summed E-state index contributed by atoms with van der Waals surface area (Å²) in [6, 6.07) is 1.73. The van der Waals surface area contributed by atoms with E-state index >= 15 is 0 Å². The maximum absolute atomic E-state index is 13.0. The van der Waals surface area contributed by atoms with Crippen molar-refractivity contribution in [2.75, 3.05) is 52.9 Å². The van der Waals surface area contributed by atoms with Crippen LogP contribution in [0.15, 0.2) is 10.9 Å². The number of likely N-dealkylation sites (tertiary alicyclic amines) is 1. The first-order chi connectivity index (χ1) is 14.1. The molecule has 0 radical (unpaired) electrons. The van der Waals surface area contributed by atoms with Crippen LogP contribution in [0, 0.1) is 0 Å². The molecule has 3 aliphatic rings. The zero-order valence-corrected chi connectivity index (χ0v) is 17.8. The molecule has 1 atom stereocenters. The fraction of sp³-hybridized carbons (Fsp3) is 0.773. The summed E-state index contributed by atoms with van der Waals surface area (Å²) in [4.78, 5) is 37.2. The molecule has 29 heavy (non-hydrogen) atoms. The fourth-order valence-electron chi connectivity index (χ4n) is 4.94. The maximum atomic E-state index is 13.0. The molecule has 0 bridgehead atoms. The molecule has 1 amide bonds. The number of aryl methyl sites for hydroxylation is 1. The van der Waals surface area contributed by atoms with Crippen LogP contribution in [0.5, 0.6) is 0 Å². The second kappa shape index (κ2) is 9.39. The van der Waals surface area contributed by atoms with Crippen molar-refractivity contribution in [3.63, 3.8) is 0 Å². The van der Waals surface area contributed by atoms with Crippen LogP contribution in [0.25, 0.3) is 0 Å². The van der Waals surface area contributed by atoms with E-state index in [0.717, 1.165) is 95.7 Å². The van der Waals surface area contributed by atoms with Gasteiger partial charge >= 0.3 is 0 Å². The van der Waals surface area contributed by atoms with Gasteiger partial charge in [-0.15, -0.1) is 0 Å². The summed E-state index contributed by atoms with van der Waals surface area (Å²) in [5.41, 5.74) is 0.987. The molecule has 1 aromatic rings. The van der Waals surface area contributed by atoms with E-state index in [9.17, 15) is 9.59 Å². The summed E-state index contributed by atoms with van der Waals surface area (Å²) in [6.07, 6.45) is 7.34. The van der Waals surface area contributed by atoms with E-state index in [4.69, 9.17) is 4.98 Å². The van der Waals surface area contributed by atoms with Gasteiger partial charge in [0.2, 0.25) is 5.91 Å². The molecule has 4 heterocycles. The third kappa shape index (κ3) is 5.07. The predicted molar refractivity (Wildman–Crippen MR) is 113 cm³/mol. The number of amides is 1. The number of hydrogen-bond donors (Lipinski definition) is 0. The van der Waals surface area contributed by atoms with Crippen molar-refractivity contribution in [2.24, 2.45) is 0 Å². The van der Waals surface area contributed by atoms with E-state index in [-0.39, 0.29) is 17.4 Å². The predicted octanol–water partition coefficient (Wildman–Crippen LogP) is 1.31. The van der Waals surface area contributed by atoms with E-state index in [1.165, 1.54) is 0 Å². The smallest absolute Gasteiger partial charge is 0.253 e. The van der Waals surface area contributed by atoms with E-state index in [1.807, 2.05) is 9.47 Å². The Balaban J connectivity index is 1.42. The molecule has 160 valence electrons. The van der Waals surface area contributed by atoms with Gasteiger partial charge in [0.05, 0.1) is 12.2 Å². The van der Waals surface area contributed by atoms with Crippen LogP contribution < -0.4 is 5.56 Å². The second-order valence-electron chi connectivity index (χ2n) is 9.01. The average molecular weight is 402 g/mol. The van der Waals surface area contributed by atoms with Crippen LogP contribution in [0.1, 0.15) is 56.0 Å². The molecular weight excluding hydrogens is 366 g/mol. The highest BCUT2D eigenvalue weighted by atomic mass is 16.2. The number of carbonyl (C=O) groups excluding carboxylic acids is 1. The van der Waals surface area contributed by atoms with Gasteiger partial charge in [-0.25, -0.2) is 4.98 Å². The number of piperidine rings is 1. The molecule has 1 unspecified atom stereocenters. The molecule has 0 spiro atoms. The van der Waals surface area contributed by atoms with Crippen molar-refractivity contribution >= 4 is 5.91 Å². The van der Waals surface area contributed by atoms with Crippen molar-refractivity contribution < 1.29 is 4.79 Å². The Bertz CT molecular complexity index is 777. The lowest BCUT2D eigenvalue weighted by Crippen LogP contribution is -2.45. The number of carbonyl (C=O) groups is 1. The second-order valence-corrected chi connectivity index (χ2v) is 9.01. The molecule has 1 aromatic heterocycles. The quantitative estimate of drug-likeness (QED) is 0.764. The van der Waals surface area contributed by atoms with Crippen LogP contribution in [-0.4, -0.2) is 83.0 Å². The first-order valence-electron chi connectivity index (χ1n) is 11.4. The van der Waals surface area contributed by atoms with Gasteiger partial charge in [0.15, 0.2) is 0 Å². The minimum atomic E-state index is 0.0871. The van der Waals surface area contributed by atoms with Crippen molar-refractivity contribution in [3.8, 4) is 0 Å². The van der Waals surface area contributed by atoms with Gasteiger partial charge in [-0.1, -0.05) is 6.42 Å². The van der Waals surface area contributed by atoms with Crippen LogP contribution in [-0.2, 0) is 17.8 Å². The maximum Gasteiger partial charge on any atom is 0.253 e. The highest BCUT2D eigenvalue weighted by Gasteiger charge is 2.28.